The molecular formula is C11H19ClN4O. The predicted octanol–water partition coefficient (Wildman–Crippen LogP) is 2.92. The lowest BCUT2D eigenvalue weighted by atomic mass is 10.2. The molecule has 0 fully saturated rings. The SMILES string of the molecule is CCCCCCCOc1nc(Cl)nc(NC)n1. The van der Waals surface area contributed by atoms with Gasteiger partial charge in [-0.2, -0.15) is 15.0 Å². The number of hydrogen-bond donors (Lipinski definition) is 1. The molecule has 0 aliphatic carbocycles. The number of nitrogens with zero attached hydrogens (tertiary/aromatic N) is 3. The first-order valence-corrected chi connectivity index (χ1v) is 6.36. The molecular weight excluding hydrogens is 240 g/mol. The number of rotatable bonds is 8. The van der Waals surface area contributed by atoms with Gasteiger partial charge in [0, 0.05) is 7.05 Å². The lowest BCUT2D eigenvalue weighted by Crippen LogP contribution is -2.05. The third-order valence-electron chi connectivity index (χ3n) is 2.29. The van der Waals surface area contributed by atoms with Gasteiger partial charge in [-0.25, -0.2) is 0 Å². The maximum Gasteiger partial charge on any atom is 0.322 e. The molecule has 0 saturated carbocycles. The van der Waals surface area contributed by atoms with E-state index in [0.29, 0.717) is 12.6 Å². The standard InChI is InChI=1S/C11H19ClN4O/c1-3-4-5-6-7-8-17-11-15-9(12)14-10(13-2)16-11/h3-8H2,1-2H3,(H,13,14,15,16). The van der Waals surface area contributed by atoms with Gasteiger partial charge in [-0.3, -0.25) is 0 Å². The van der Waals surface area contributed by atoms with Gasteiger partial charge in [0.25, 0.3) is 0 Å². The minimum atomic E-state index is 0.144. The molecule has 0 saturated heterocycles. The van der Waals surface area contributed by atoms with Crippen LogP contribution in [-0.2, 0) is 0 Å². The van der Waals surface area contributed by atoms with E-state index < -0.39 is 0 Å². The molecule has 0 spiro atoms. The van der Waals surface area contributed by atoms with Crippen molar-refractivity contribution in [2.75, 3.05) is 19.0 Å². The van der Waals surface area contributed by atoms with Gasteiger partial charge in [-0.1, -0.05) is 32.6 Å². The van der Waals surface area contributed by atoms with Crippen LogP contribution in [0.2, 0.25) is 5.28 Å². The van der Waals surface area contributed by atoms with E-state index in [-0.39, 0.29) is 11.3 Å². The molecule has 17 heavy (non-hydrogen) atoms. The minimum absolute atomic E-state index is 0.144. The third kappa shape index (κ3) is 5.68. The van der Waals surface area contributed by atoms with Crippen molar-refractivity contribution >= 4 is 17.5 Å². The van der Waals surface area contributed by atoms with Gasteiger partial charge < -0.3 is 10.1 Å². The molecule has 0 amide bonds. The second kappa shape index (κ2) is 8.06. The maximum atomic E-state index is 5.73. The van der Waals surface area contributed by atoms with E-state index in [0.717, 1.165) is 6.42 Å². The van der Waals surface area contributed by atoms with Gasteiger partial charge in [-0.15, -0.1) is 0 Å². The maximum absolute atomic E-state index is 5.73. The molecule has 0 atom stereocenters. The first-order chi connectivity index (χ1) is 8.26. The van der Waals surface area contributed by atoms with Crippen molar-refractivity contribution in [2.24, 2.45) is 0 Å². The molecule has 1 rings (SSSR count). The Kier molecular flexibility index (Phi) is 6.62. The second-order valence-electron chi connectivity index (χ2n) is 3.72. The summed E-state index contributed by atoms with van der Waals surface area (Å²) in [6, 6.07) is 0.282. The van der Waals surface area contributed by atoms with Crippen LogP contribution in [0.4, 0.5) is 5.95 Å². The third-order valence-corrected chi connectivity index (χ3v) is 2.46. The Labute approximate surface area is 107 Å². The Morgan fingerprint density at radius 3 is 2.59 bits per heavy atom. The Morgan fingerprint density at radius 1 is 1.12 bits per heavy atom. The van der Waals surface area contributed by atoms with E-state index in [4.69, 9.17) is 16.3 Å². The summed E-state index contributed by atoms with van der Waals surface area (Å²) < 4.78 is 5.42. The molecule has 0 unspecified atom stereocenters. The summed E-state index contributed by atoms with van der Waals surface area (Å²) in [5.74, 6) is 0.422. The number of unbranched alkanes of at least 4 members (excludes halogenated alkanes) is 4. The summed E-state index contributed by atoms with van der Waals surface area (Å²) in [6.45, 7) is 2.82. The van der Waals surface area contributed by atoms with Crippen molar-refractivity contribution < 1.29 is 4.74 Å². The minimum Gasteiger partial charge on any atom is -0.463 e. The molecule has 0 aliphatic heterocycles. The van der Waals surface area contributed by atoms with Crippen molar-refractivity contribution in [3.63, 3.8) is 0 Å². The van der Waals surface area contributed by atoms with E-state index in [1.165, 1.54) is 25.7 Å². The number of nitrogens with one attached hydrogen (secondary N) is 1. The van der Waals surface area contributed by atoms with Crippen LogP contribution >= 0.6 is 11.6 Å². The molecule has 1 aromatic rings. The molecule has 0 aromatic carbocycles. The number of aromatic nitrogens is 3. The van der Waals surface area contributed by atoms with Crippen molar-refractivity contribution in [2.45, 2.75) is 39.0 Å². The Hall–Kier alpha value is -1.10. The van der Waals surface area contributed by atoms with Crippen LogP contribution in [0.25, 0.3) is 0 Å². The van der Waals surface area contributed by atoms with Crippen LogP contribution < -0.4 is 10.1 Å². The van der Waals surface area contributed by atoms with E-state index in [9.17, 15) is 0 Å². The van der Waals surface area contributed by atoms with Crippen molar-refractivity contribution in [3.8, 4) is 6.01 Å². The molecule has 0 aliphatic rings. The summed E-state index contributed by atoms with van der Waals surface area (Å²) >= 11 is 5.73. The summed E-state index contributed by atoms with van der Waals surface area (Å²) in [4.78, 5) is 11.8. The number of hydrogen-bond acceptors (Lipinski definition) is 5. The molecule has 1 aromatic heterocycles. The largest absolute Gasteiger partial charge is 0.463 e. The van der Waals surface area contributed by atoms with Crippen molar-refractivity contribution in [3.05, 3.63) is 5.28 Å². The highest BCUT2D eigenvalue weighted by Gasteiger charge is 2.04. The van der Waals surface area contributed by atoms with Gasteiger partial charge in [0.05, 0.1) is 6.61 Å². The van der Waals surface area contributed by atoms with Crippen molar-refractivity contribution in [1.29, 1.82) is 0 Å². The Balaban J connectivity index is 2.28. The molecule has 1 heterocycles. The first kappa shape index (κ1) is 14.0. The van der Waals surface area contributed by atoms with Crippen LogP contribution in [0, 0.1) is 0 Å². The highest BCUT2D eigenvalue weighted by Crippen LogP contribution is 2.11. The zero-order valence-corrected chi connectivity index (χ0v) is 11.1. The molecule has 1 N–H and O–H groups in total. The zero-order valence-electron chi connectivity index (χ0n) is 10.4. The molecule has 96 valence electrons. The smallest absolute Gasteiger partial charge is 0.322 e. The number of anilines is 1. The van der Waals surface area contributed by atoms with E-state index >= 15 is 0 Å². The van der Waals surface area contributed by atoms with E-state index in [1.807, 2.05) is 0 Å². The second-order valence-corrected chi connectivity index (χ2v) is 4.06. The number of halogens is 1. The van der Waals surface area contributed by atoms with Gasteiger partial charge in [-0.05, 0) is 18.0 Å². The zero-order chi connectivity index (χ0) is 12.5. The summed E-state index contributed by atoms with van der Waals surface area (Å²) in [6.07, 6.45) is 5.96. The number of ether oxygens (including phenoxy) is 1. The molecule has 5 nitrogen and oxygen atoms in total. The van der Waals surface area contributed by atoms with Gasteiger partial charge in [0.1, 0.15) is 0 Å². The fourth-order valence-electron chi connectivity index (χ4n) is 1.38. The highest BCUT2D eigenvalue weighted by molar-refractivity contribution is 6.28. The van der Waals surface area contributed by atoms with Gasteiger partial charge in [0.15, 0.2) is 0 Å². The Morgan fingerprint density at radius 2 is 1.88 bits per heavy atom. The topological polar surface area (TPSA) is 59.9 Å². The monoisotopic (exact) mass is 258 g/mol. The lowest BCUT2D eigenvalue weighted by Gasteiger charge is -2.05. The summed E-state index contributed by atoms with van der Waals surface area (Å²) in [5, 5.41) is 2.94. The average molecular weight is 259 g/mol. The summed E-state index contributed by atoms with van der Waals surface area (Å²) in [5.41, 5.74) is 0. The fourth-order valence-corrected chi connectivity index (χ4v) is 1.53. The molecule has 6 heteroatoms. The van der Waals surface area contributed by atoms with E-state index in [1.54, 1.807) is 7.05 Å². The van der Waals surface area contributed by atoms with E-state index in [2.05, 4.69) is 27.2 Å². The molecule has 0 bridgehead atoms. The highest BCUT2D eigenvalue weighted by atomic mass is 35.5. The van der Waals surface area contributed by atoms with Crippen LogP contribution in [0.1, 0.15) is 39.0 Å². The Bertz CT molecular complexity index is 335. The molecule has 0 radical (unpaired) electrons. The normalized spacial score (nSPS) is 10.3. The summed E-state index contributed by atoms with van der Waals surface area (Å²) in [7, 11) is 1.72. The average Bonchev–Trinajstić information content (AvgIpc) is 2.33. The van der Waals surface area contributed by atoms with Gasteiger partial charge in [0.2, 0.25) is 11.2 Å². The van der Waals surface area contributed by atoms with Crippen molar-refractivity contribution in [1.82, 2.24) is 15.0 Å². The van der Waals surface area contributed by atoms with Crippen LogP contribution in [-0.4, -0.2) is 28.6 Å². The fraction of sp³-hybridized carbons (Fsp3) is 0.727. The van der Waals surface area contributed by atoms with Crippen LogP contribution in [0.5, 0.6) is 6.01 Å². The van der Waals surface area contributed by atoms with Crippen LogP contribution in [0.15, 0.2) is 0 Å². The quantitative estimate of drug-likeness (QED) is 0.727. The van der Waals surface area contributed by atoms with Gasteiger partial charge >= 0.3 is 6.01 Å². The lowest BCUT2D eigenvalue weighted by molar-refractivity contribution is 0.281. The first-order valence-electron chi connectivity index (χ1n) is 5.98. The predicted molar refractivity (Wildman–Crippen MR) is 68.6 cm³/mol. The van der Waals surface area contributed by atoms with Crippen LogP contribution in [0.3, 0.4) is 0 Å².